The zero-order valence-corrected chi connectivity index (χ0v) is 11.8. The highest BCUT2D eigenvalue weighted by Crippen LogP contribution is 2.11. The highest BCUT2D eigenvalue weighted by molar-refractivity contribution is 5.86. The van der Waals surface area contributed by atoms with Crippen LogP contribution in [0.3, 0.4) is 0 Å². The Hall–Kier alpha value is -1.79. The van der Waals surface area contributed by atoms with E-state index in [4.69, 9.17) is 10.8 Å². The molecule has 3 amide bonds. The number of hydrogen-bond acceptors (Lipinski definition) is 3. The van der Waals surface area contributed by atoms with Crippen molar-refractivity contribution >= 4 is 17.9 Å². The van der Waals surface area contributed by atoms with Crippen molar-refractivity contribution in [2.24, 2.45) is 11.7 Å². The minimum atomic E-state index is -0.924. The summed E-state index contributed by atoms with van der Waals surface area (Å²) in [5.74, 6) is -1.65. The normalized spacial score (nSPS) is 12.9. The summed E-state index contributed by atoms with van der Waals surface area (Å²) in [4.78, 5) is 33.4. The lowest BCUT2D eigenvalue weighted by Crippen LogP contribution is -2.55. The van der Waals surface area contributed by atoms with Gasteiger partial charge in [0.25, 0.3) is 0 Å². The molecular weight excluding hydrogens is 250 g/mol. The average Bonchev–Trinajstić information content (AvgIpc) is 2.22. The van der Waals surface area contributed by atoms with Gasteiger partial charge in [-0.25, -0.2) is 4.79 Å². The van der Waals surface area contributed by atoms with Crippen LogP contribution in [0.25, 0.3) is 0 Å². The van der Waals surface area contributed by atoms with Gasteiger partial charge in [0.15, 0.2) is 0 Å². The van der Waals surface area contributed by atoms with E-state index in [9.17, 15) is 14.4 Å². The van der Waals surface area contributed by atoms with Crippen LogP contribution in [0.2, 0.25) is 0 Å². The second-order valence-corrected chi connectivity index (χ2v) is 5.50. The van der Waals surface area contributed by atoms with E-state index in [2.05, 4.69) is 10.6 Å². The second-order valence-electron chi connectivity index (χ2n) is 5.50. The molecule has 0 aromatic carbocycles. The van der Waals surface area contributed by atoms with E-state index in [1.807, 2.05) is 0 Å². The predicted molar refractivity (Wildman–Crippen MR) is 70.4 cm³/mol. The molecule has 7 heteroatoms. The second kappa shape index (κ2) is 6.96. The molecule has 19 heavy (non-hydrogen) atoms. The number of rotatable bonds is 7. The van der Waals surface area contributed by atoms with E-state index >= 15 is 0 Å². The first-order valence-corrected chi connectivity index (χ1v) is 6.15. The Morgan fingerprint density at radius 1 is 1.26 bits per heavy atom. The molecule has 0 fully saturated rings. The molecule has 1 unspecified atom stereocenters. The minimum absolute atomic E-state index is 0.0449. The summed E-state index contributed by atoms with van der Waals surface area (Å²) in [5.41, 5.74) is 4.51. The minimum Gasteiger partial charge on any atom is -0.481 e. The van der Waals surface area contributed by atoms with Gasteiger partial charge in [-0.2, -0.15) is 0 Å². The number of carboxylic acids is 1. The molecule has 0 heterocycles. The number of aliphatic carboxylic acids is 1. The molecule has 0 aromatic heterocycles. The van der Waals surface area contributed by atoms with E-state index in [0.29, 0.717) is 6.42 Å². The van der Waals surface area contributed by atoms with E-state index < -0.39 is 29.5 Å². The van der Waals surface area contributed by atoms with Crippen LogP contribution in [0.4, 0.5) is 4.79 Å². The molecular formula is C12H23N3O4. The van der Waals surface area contributed by atoms with Gasteiger partial charge in [-0.15, -0.1) is 0 Å². The van der Waals surface area contributed by atoms with Crippen LogP contribution in [0.5, 0.6) is 0 Å². The van der Waals surface area contributed by atoms with Gasteiger partial charge in [0, 0.05) is 12.0 Å². The fourth-order valence-corrected chi connectivity index (χ4v) is 1.53. The van der Waals surface area contributed by atoms with Crippen LogP contribution in [0.15, 0.2) is 0 Å². The lowest BCUT2D eigenvalue weighted by Gasteiger charge is -2.27. The van der Waals surface area contributed by atoms with Crippen molar-refractivity contribution in [1.82, 2.24) is 10.6 Å². The number of amides is 3. The first-order valence-electron chi connectivity index (χ1n) is 6.15. The number of carbonyl (C=O) groups excluding carboxylic acids is 2. The number of carbonyl (C=O) groups is 3. The SMILES string of the molecule is CC(C)C(NC(=O)NC(C)(C)CCC(=O)O)C(N)=O. The van der Waals surface area contributed by atoms with Crippen LogP contribution in [-0.2, 0) is 9.59 Å². The zero-order chi connectivity index (χ0) is 15.2. The summed E-state index contributed by atoms with van der Waals surface area (Å²) in [5, 5.41) is 13.7. The molecule has 0 rings (SSSR count). The molecule has 0 aliphatic carbocycles. The Kier molecular flexibility index (Phi) is 6.31. The van der Waals surface area contributed by atoms with Crippen molar-refractivity contribution in [3.05, 3.63) is 0 Å². The van der Waals surface area contributed by atoms with E-state index in [-0.39, 0.29) is 12.3 Å². The molecule has 0 radical (unpaired) electrons. The fraction of sp³-hybridized carbons (Fsp3) is 0.750. The number of primary amides is 1. The summed E-state index contributed by atoms with van der Waals surface area (Å²) in [6, 6.07) is -1.29. The van der Waals surface area contributed by atoms with Gasteiger partial charge in [0.1, 0.15) is 6.04 Å². The highest BCUT2D eigenvalue weighted by atomic mass is 16.4. The van der Waals surface area contributed by atoms with Crippen molar-refractivity contribution in [3.63, 3.8) is 0 Å². The maximum Gasteiger partial charge on any atom is 0.315 e. The maximum atomic E-state index is 11.7. The fourth-order valence-electron chi connectivity index (χ4n) is 1.53. The smallest absolute Gasteiger partial charge is 0.315 e. The van der Waals surface area contributed by atoms with Gasteiger partial charge in [0.2, 0.25) is 5.91 Å². The number of carboxylic acid groups (broad SMARTS) is 1. The maximum absolute atomic E-state index is 11.7. The lowest BCUT2D eigenvalue weighted by molar-refractivity contribution is -0.137. The van der Waals surface area contributed by atoms with Crippen molar-refractivity contribution in [3.8, 4) is 0 Å². The Morgan fingerprint density at radius 2 is 1.79 bits per heavy atom. The molecule has 110 valence electrons. The molecule has 1 atom stereocenters. The largest absolute Gasteiger partial charge is 0.481 e. The monoisotopic (exact) mass is 273 g/mol. The van der Waals surface area contributed by atoms with Crippen LogP contribution in [0.1, 0.15) is 40.5 Å². The standard InChI is InChI=1S/C12H23N3O4/c1-7(2)9(10(13)18)14-11(19)15-12(3,4)6-5-8(16)17/h7,9H,5-6H2,1-4H3,(H2,13,18)(H,16,17)(H2,14,15,19). The van der Waals surface area contributed by atoms with Gasteiger partial charge in [0.05, 0.1) is 0 Å². The summed E-state index contributed by atoms with van der Waals surface area (Å²) in [7, 11) is 0. The number of nitrogens with two attached hydrogens (primary N) is 1. The van der Waals surface area contributed by atoms with Crippen LogP contribution >= 0.6 is 0 Å². The lowest BCUT2D eigenvalue weighted by atomic mass is 9.98. The molecule has 0 saturated heterocycles. The molecule has 0 aliphatic rings. The van der Waals surface area contributed by atoms with Crippen LogP contribution in [0, 0.1) is 5.92 Å². The summed E-state index contributed by atoms with van der Waals surface area (Å²) in [6.07, 6.45) is 0.245. The van der Waals surface area contributed by atoms with Crippen molar-refractivity contribution < 1.29 is 19.5 Å². The molecule has 5 N–H and O–H groups in total. The molecule has 0 aliphatic heterocycles. The average molecular weight is 273 g/mol. The predicted octanol–water partition coefficient (Wildman–Crippen LogP) is 0.439. The number of nitrogens with one attached hydrogen (secondary N) is 2. The molecule has 0 spiro atoms. The van der Waals surface area contributed by atoms with Crippen molar-refractivity contribution in [1.29, 1.82) is 0 Å². The van der Waals surface area contributed by atoms with Gasteiger partial charge in [-0.1, -0.05) is 13.8 Å². The third-order valence-electron chi connectivity index (χ3n) is 2.68. The summed E-state index contributed by atoms with van der Waals surface area (Å²) < 4.78 is 0. The highest BCUT2D eigenvalue weighted by Gasteiger charge is 2.26. The van der Waals surface area contributed by atoms with Crippen LogP contribution in [-0.4, -0.2) is 34.6 Å². The van der Waals surface area contributed by atoms with Crippen LogP contribution < -0.4 is 16.4 Å². The van der Waals surface area contributed by atoms with Gasteiger partial charge in [-0.3, -0.25) is 9.59 Å². The Bertz CT molecular complexity index is 353. The summed E-state index contributed by atoms with van der Waals surface area (Å²) >= 11 is 0. The van der Waals surface area contributed by atoms with Gasteiger partial charge < -0.3 is 21.5 Å². The first-order chi connectivity index (χ1) is 8.55. The molecule has 0 aromatic rings. The third kappa shape index (κ3) is 7.28. The Balaban J connectivity index is 4.43. The van der Waals surface area contributed by atoms with Crippen molar-refractivity contribution in [2.45, 2.75) is 52.1 Å². The van der Waals surface area contributed by atoms with Crippen molar-refractivity contribution in [2.75, 3.05) is 0 Å². The number of urea groups is 1. The zero-order valence-electron chi connectivity index (χ0n) is 11.8. The molecule has 7 nitrogen and oxygen atoms in total. The van der Waals surface area contributed by atoms with E-state index in [1.165, 1.54) is 0 Å². The third-order valence-corrected chi connectivity index (χ3v) is 2.68. The number of hydrogen-bond donors (Lipinski definition) is 4. The van der Waals surface area contributed by atoms with E-state index in [1.54, 1.807) is 27.7 Å². The van der Waals surface area contributed by atoms with Gasteiger partial charge >= 0.3 is 12.0 Å². The molecule has 0 saturated carbocycles. The van der Waals surface area contributed by atoms with Gasteiger partial charge in [-0.05, 0) is 26.2 Å². The summed E-state index contributed by atoms with van der Waals surface area (Å²) in [6.45, 7) is 6.96. The van der Waals surface area contributed by atoms with E-state index in [0.717, 1.165) is 0 Å². The Morgan fingerprint density at radius 3 is 2.16 bits per heavy atom. The first kappa shape index (κ1) is 17.2. The molecule has 0 bridgehead atoms. The quantitative estimate of drug-likeness (QED) is 0.537. The topological polar surface area (TPSA) is 122 Å². The Labute approximate surface area is 112 Å².